The summed E-state index contributed by atoms with van der Waals surface area (Å²) in [6, 6.07) is 6.72. The van der Waals surface area contributed by atoms with Gasteiger partial charge in [0.05, 0.1) is 17.6 Å². The Hall–Kier alpha value is -0.910. The molecule has 0 radical (unpaired) electrons. The summed E-state index contributed by atoms with van der Waals surface area (Å²) in [5, 5.41) is 0. The first kappa shape index (κ1) is 13.2. The molecule has 0 spiro atoms. The van der Waals surface area contributed by atoms with E-state index in [9.17, 15) is 8.42 Å². The molecule has 0 aliphatic rings. The smallest absolute Gasteiger partial charge is 0.297 e. The zero-order valence-electron chi connectivity index (χ0n) is 9.64. The largest absolute Gasteiger partial charge is 0.382 e. The molecule has 0 aliphatic heterocycles. The second-order valence-corrected chi connectivity index (χ2v) is 5.12. The van der Waals surface area contributed by atoms with E-state index in [0.29, 0.717) is 5.56 Å². The van der Waals surface area contributed by atoms with E-state index in [0.717, 1.165) is 0 Å². The highest BCUT2D eigenvalue weighted by molar-refractivity contribution is 7.86. The van der Waals surface area contributed by atoms with E-state index in [2.05, 4.69) is 0 Å². The summed E-state index contributed by atoms with van der Waals surface area (Å²) in [6.07, 6.45) is -0.491. The van der Waals surface area contributed by atoms with Crippen LogP contribution in [0.3, 0.4) is 0 Å². The standard InChI is InChI=1S/C11H16O4S/c1-9-6-4-5-7-11(9)16(12,13)15-10(2)8-14-3/h4-7,10H,8H2,1-3H3/t10-/m1/s1. The third-order valence-corrected chi connectivity index (χ3v) is 3.63. The van der Waals surface area contributed by atoms with Crippen LogP contribution in [0.4, 0.5) is 0 Å². The maximum absolute atomic E-state index is 11.9. The van der Waals surface area contributed by atoms with Crippen molar-refractivity contribution in [3.05, 3.63) is 29.8 Å². The first-order valence-electron chi connectivity index (χ1n) is 4.95. The van der Waals surface area contributed by atoms with Crippen LogP contribution in [0, 0.1) is 6.92 Å². The molecular weight excluding hydrogens is 228 g/mol. The van der Waals surface area contributed by atoms with Crippen LogP contribution in [0.2, 0.25) is 0 Å². The first-order chi connectivity index (χ1) is 7.47. The van der Waals surface area contributed by atoms with Crippen molar-refractivity contribution in [1.29, 1.82) is 0 Å². The van der Waals surface area contributed by atoms with E-state index >= 15 is 0 Å². The van der Waals surface area contributed by atoms with Crippen molar-refractivity contribution in [2.24, 2.45) is 0 Å². The van der Waals surface area contributed by atoms with Gasteiger partial charge in [-0.25, -0.2) is 0 Å². The van der Waals surface area contributed by atoms with Gasteiger partial charge >= 0.3 is 0 Å². The van der Waals surface area contributed by atoms with Crippen molar-refractivity contribution < 1.29 is 17.3 Å². The van der Waals surface area contributed by atoms with Crippen LogP contribution >= 0.6 is 0 Å². The van der Waals surface area contributed by atoms with Gasteiger partial charge in [0.25, 0.3) is 10.1 Å². The first-order valence-corrected chi connectivity index (χ1v) is 6.36. The molecule has 0 fully saturated rings. The minimum atomic E-state index is -3.69. The van der Waals surface area contributed by atoms with Crippen LogP contribution in [0.15, 0.2) is 29.2 Å². The van der Waals surface area contributed by atoms with Crippen molar-refractivity contribution >= 4 is 10.1 Å². The van der Waals surface area contributed by atoms with Gasteiger partial charge in [-0.1, -0.05) is 18.2 Å². The molecule has 0 aliphatic carbocycles. The highest BCUT2D eigenvalue weighted by atomic mass is 32.2. The lowest BCUT2D eigenvalue weighted by molar-refractivity contribution is 0.0962. The normalized spacial score (nSPS) is 13.7. The number of benzene rings is 1. The van der Waals surface area contributed by atoms with Gasteiger partial charge in [-0.15, -0.1) is 0 Å². The van der Waals surface area contributed by atoms with Gasteiger partial charge in [-0.2, -0.15) is 8.42 Å². The molecule has 0 N–H and O–H groups in total. The van der Waals surface area contributed by atoms with Crippen LogP contribution in [0.1, 0.15) is 12.5 Å². The Morgan fingerprint density at radius 2 is 1.94 bits per heavy atom. The van der Waals surface area contributed by atoms with Gasteiger partial charge in [-0.05, 0) is 25.5 Å². The Labute approximate surface area is 96.3 Å². The van der Waals surface area contributed by atoms with Crippen molar-refractivity contribution in [3.8, 4) is 0 Å². The molecule has 5 heteroatoms. The minimum Gasteiger partial charge on any atom is -0.382 e. The number of hydrogen-bond donors (Lipinski definition) is 0. The van der Waals surface area contributed by atoms with Crippen LogP contribution in [-0.2, 0) is 19.0 Å². The molecular formula is C11H16O4S. The van der Waals surface area contributed by atoms with E-state index in [1.54, 1.807) is 32.0 Å². The van der Waals surface area contributed by atoms with E-state index in [1.165, 1.54) is 13.2 Å². The number of hydrogen-bond acceptors (Lipinski definition) is 4. The van der Waals surface area contributed by atoms with Gasteiger partial charge in [0.1, 0.15) is 0 Å². The van der Waals surface area contributed by atoms with Crippen LogP contribution in [0.5, 0.6) is 0 Å². The summed E-state index contributed by atoms with van der Waals surface area (Å²) in [6.45, 7) is 3.63. The van der Waals surface area contributed by atoms with Crippen LogP contribution in [0.25, 0.3) is 0 Å². The zero-order valence-corrected chi connectivity index (χ0v) is 10.5. The topological polar surface area (TPSA) is 52.6 Å². The van der Waals surface area contributed by atoms with E-state index in [-0.39, 0.29) is 11.5 Å². The molecule has 0 amide bonds. The van der Waals surface area contributed by atoms with Gasteiger partial charge in [0.15, 0.2) is 0 Å². The Balaban J connectivity index is 2.91. The molecule has 1 aromatic carbocycles. The number of rotatable bonds is 5. The molecule has 0 saturated carbocycles. The predicted octanol–water partition coefficient (Wildman–Crippen LogP) is 1.74. The summed E-state index contributed by atoms with van der Waals surface area (Å²) in [4.78, 5) is 0.206. The van der Waals surface area contributed by atoms with Crippen molar-refractivity contribution in [3.63, 3.8) is 0 Å². The molecule has 1 aromatic rings. The molecule has 1 rings (SSSR count). The SMILES string of the molecule is COC[C@@H](C)OS(=O)(=O)c1ccccc1C. The second kappa shape index (κ2) is 5.43. The highest BCUT2D eigenvalue weighted by Gasteiger charge is 2.20. The van der Waals surface area contributed by atoms with Crippen molar-refractivity contribution in [2.45, 2.75) is 24.8 Å². The number of aryl methyl sites for hydroxylation is 1. The monoisotopic (exact) mass is 244 g/mol. The predicted molar refractivity (Wildman–Crippen MR) is 60.8 cm³/mol. The third kappa shape index (κ3) is 3.30. The van der Waals surface area contributed by atoms with Gasteiger partial charge in [-0.3, -0.25) is 4.18 Å². The van der Waals surface area contributed by atoms with Gasteiger partial charge in [0, 0.05) is 7.11 Å². The number of ether oxygens (including phenoxy) is 1. The summed E-state index contributed by atoms with van der Waals surface area (Å²) >= 11 is 0. The lowest BCUT2D eigenvalue weighted by Gasteiger charge is -2.13. The van der Waals surface area contributed by atoms with Crippen molar-refractivity contribution in [2.75, 3.05) is 13.7 Å². The Morgan fingerprint density at radius 3 is 2.50 bits per heavy atom. The van der Waals surface area contributed by atoms with Crippen LogP contribution < -0.4 is 0 Å². The lowest BCUT2D eigenvalue weighted by Crippen LogP contribution is -2.20. The Bertz CT molecular complexity index is 439. The van der Waals surface area contributed by atoms with Crippen LogP contribution in [-0.4, -0.2) is 28.2 Å². The fourth-order valence-corrected chi connectivity index (χ4v) is 2.67. The molecule has 0 saturated heterocycles. The summed E-state index contributed by atoms with van der Waals surface area (Å²) in [5.41, 5.74) is 0.673. The quantitative estimate of drug-likeness (QED) is 0.740. The summed E-state index contributed by atoms with van der Waals surface area (Å²) in [7, 11) is -2.19. The molecule has 4 nitrogen and oxygen atoms in total. The van der Waals surface area contributed by atoms with Crippen molar-refractivity contribution in [1.82, 2.24) is 0 Å². The summed E-state index contributed by atoms with van der Waals surface area (Å²) < 4.78 is 33.5. The minimum absolute atomic E-state index is 0.206. The maximum atomic E-state index is 11.9. The zero-order chi connectivity index (χ0) is 12.2. The molecule has 90 valence electrons. The summed E-state index contributed by atoms with van der Waals surface area (Å²) in [5.74, 6) is 0. The Kier molecular flexibility index (Phi) is 4.46. The average Bonchev–Trinajstić information content (AvgIpc) is 2.17. The molecule has 16 heavy (non-hydrogen) atoms. The molecule has 0 aromatic heterocycles. The Morgan fingerprint density at radius 1 is 1.31 bits per heavy atom. The maximum Gasteiger partial charge on any atom is 0.297 e. The molecule has 1 atom stereocenters. The lowest BCUT2D eigenvalue weighted by atomic mass is 10.2. The molecule has 0 bridgehead atoms. The fraction of sp³-hybridized carbons (Fsp3) is 0.455. The van der Waals surface area contributed by atoms with E-state index < -0.39 is 16.2 Å². The van der Waals surface area contributed by atoms with Gasteiger partial charge < -0.3 is 4.74 Å². The molecule has 0 heterocycles. The van der Waals surface area contributed by atoms with E-state index in [1.807, 2.05) is 0 Å². The fourth-order valence-electron chi connectivity index (χ4n) is 1.37. The second-order valence-electron chi connectivity index (χ2n) is 3.58. The molecule has 0 unspecified atom stereocenters. The third-order valence-electron chi connectivity index (χ3n) is 2.06. The highest BCUT2D eigenvalue weighted by Crippen LogP contribution is 2.18. The average molecular weight is 244 g/mol. The number of methoxy groups -OCH3 is 1. The van der Waals surface area contributed by atoms with E-state index in [4.69, 9.17) is 8.92 Å². The van der Waals surface area contributed by atoms with Gasteiger partial charge in [0.2, 0.25) is 0 Å².